The van der Waals surface area contributed by atoms with Gasteiger partial charge in [-0.05, 0) is 20.3 Å². The molecule has 1 heterocycles. The highest BCUT2D eigenvalue weighted by atomic mass is 16.5. The van der Waals surface area contributed by atoms with E-state index in [0.29, 0.717) is 6.61 Å². The van der Waals surface area contributed by atoms with Crippen LogP contribution in [0.15, 0.2) is 6.07 Å². The van der Waals surface area contributed by atoms with Crippen molar-refractivity contribution in [3.05, 3.63) is 11.9 Å². The van der Waals surface area contributed by atoms with Gasteiger partial charge in [0.15, 0.2) is 5.82 Å². The van der Waals surface area contributed by atoms with Gasteiger partial charge in [0, 0.05) is 32.8 Å². The summed E-state index contributed by atoms with van der Waals surface area (Å²) in [6.45, 7) is 9.61. The number of nitrogens with one attached hydrogen (secondary N) is 1. The van der Waals surface area contributed by atoms with Gasteiger partial charge in [-0.2, -0.15) is 0 Å². The Balaban J connectivity index is 2.99. The number of anilines is 2. The van der Waals surface area contributed by atoms with Gasteiger partial charge >= 0.3 is 0 Å². The van der Waals surface area contributed by atoms with Crippen molar-refractivity contribution >= 4 is 11.6 Å². The lowest BCUT2D eigenvalue weighted by atomic mass is 10.3. The van der Waals surface area contributed by atoms with Gasteiger partial charge < -0.3 is 15.0 Å². The topological polar surface area (TPSA) is 50.3 Å². The van der Waals surface area contributed by atoms with E-state index in [2.05, 4.69) is 41.0 Å². The van der Waals surface area contributed by atoms with Gasteiger partial charge in [0.2, 0.25) is 0 Å². The zero-order chi connectivity index (χ0) is 13.4. The molecule has 0 spiro atoms. The monoisotopic (exact) mass is 252 g/mol. The van der Waals surface area contributed by atoms with Crippen molar-refractivity contribution < 1.29 is 4.74 Å². The van der Waals surface area contributed by atoms with Crippen molar-refractivity contribution in [2.75, 3.05) is 37.0 Å². The molecule has 1 aromatic rings. The summed E-state index contributed by atoms with van der Waals surface area (Å²) in [6.07, 6.45) is 1.11. The van der Waals surface area contributed by atoms with Crippen LogP contribution in [-0.2, 0) is 11.3 Å². The third-order valence-electron chi connectivity index (χ3n) is 2.59. The second-order valence-electron chi connectivity index (χ2n) is 4.07. The van der Waals surface area contributed by atoms with E-state index >= 15 is 0 Å². The molecule has 0 bridgehead atoms. The van der Waals surface area contributed by atoms with E-state index in [0.717, 1.165) is 43.5 Å². The molecule has 0 aliphatic carbocycles. The fraction of sp³-hybridized carbons (Fsp3) is 0.692. The maximum Gasteiger partial charge on any atom is 0.158 e. The van der Waals surface area contributed by atoms with Crippen LogP contribution in [0.3, 0.4) is 0 Å². The third kappa shape index (κ3) is 4.14. The predicted octanol–water partition coefficient (Wildman–Crippen LogP) is 2.29. The van der Waals surface area contributed by atoms with E-state index in [1.165, 1.54) is 0 Å². The minimum atomic E-state index is 0.440. The quantitative estimate of drug-likeness (QED) is 0.769. The lowest BCUT2D eigenvalue weighted by Crippen LogP contribution is -2.25. The molecule has 102 valence electrons. The fourth-order valence-corrected chi connectivity index (χ4v) is 1.82. The van der Waals surface area contributed by atoms with E-state index in [9.17, 15) is 0 Å². The van der Waals surface area contributed by atoms with Gasteiger partial charge in [0.05, 0.1) is 0 Å². The lowest BCUT2D eigenvalue weighted by Gasteiger charge is -2.22. The van der Waals surface area contributed by atoms with Crippen molar-refractivity contribution in [3.63, 3.8) is 0 Å². The molecule has 1 aromatic heterocycles. The van der Waals surface area contributed by atoms with Crippen LogP contribution in [-0.4, -0.2) is 36.7 Å². The Hall–Kier alpha value is -1.36. The minimum Gasteiger partial charge on any atom is -0.377 e. The van der Waals surface area contributed by atoms with E-state index in [1.54, 1.807) is 7.11 Å². The summed E-state index contributed by atoms with van der Waals surface area (Å²) < 4.78 is 5.12. The van der Waals surface area contributed by atoms with Crippen LogP contribution in [0, 0.1) is 0 Å². The van der Waals surface area contributed by atoms with E-state index in [1.807, 2.05) is 6.07 Å². The van der Waals surface area contributed by atoms with Gasteiger partial charge in [-0.3, -0.25) is 0 Å². The summed E-state index contributed by atoms with van der Waals surface area (Å²) in [6, 6.07) is 2.00. The Morgan fingerprint density at radius 1 is 1.28 bits per heavy atom. The smallest absolute Gasteiger partial charge is 0.158 e. The molecule has 0 aromatic carbocycles. The highest BCUT2D eigenvalue weighted by Crippen LogP contribution is 2.16. The second-order valence-corrected chi connectivity index (χ2v) is 4.07. The maximum absolute atomic E-state index is 5.12. The highest BCUT2D eigenvalue weighted by molar-refractivity contribution is 5.49. The van der Waals surface area contributed by atoms with Crippen molar-refractivity contribution in [3.8, 4) is 0 Å². The Morgan fingerprint density at radius 3 is 2.61 bits per heavy atom. The fourth-order valence-electron chi connectivity index (χ4n) is 1.82. The molecule has 5 heteroatoms. The van der Waals surface area contributed by atoms with Crippen molar-refractivity contribution in [2.24, 2.45) is 0 Å². The summed E-state index contributed by atoms with van der Waals surface area (Å²) in [5.41, 5.74) is 0. The average molecular weight is 252 g/mol. The van der Waals surface area contributed by atoms with E-state index < -0.39 is 0 Å². The maximum atomic E-state index is 5.12. The molecule has 0 saturated heterocycles. The zero-order valence-electron chi connectivity index (χ0n) is 11.9. The zero-order valence-corrected chi connectivity index (χ0v) is 11.9. The van der Waals surface area contributed by atoms with Gasteiger partial charge in [-0.1, -0.05) is 6.92 Å². The first-order valence-electron chi connectivity index (χ1n) is 6.60. The molecular formula is C13H24N4O. The molecule has 0 fully saturated rings. The molecule has 0 saturated carbocycles. The van der Waals surface area contributed by atoms with Crippen LogP contribution >= 0.6 is 0 Å². The van der Waals surface area contributed by atoms with Crippen LogP contribution in [0.4, 0.5) is 11.6 Å². The van der Waals surface area contributed by atoms with E-state index in [-0.39, 0.29) is 0 Å². The van der Waals surface area contributed by atoms with Crippen LogP contribution in [0.1, 0.15) is 33.0 Å². The Morgan fingerprint density at radius 2 is 2.06 bits per heavy atom. The number of methoxy groups -OCH3 is 1. The van der Waals surface area contributed by atoms with Gasteiger partial charge in [-0.25, -0.2) is 9.97 Å². The molecule has 5 nitrogen and oxygen atoms in total. The van der Waals surface area contributed by atoms with Crippen LogP contribution < -0.4 is 10.2 Å². The van der Waals surface area contributed by atoms with Crippen LogP contribution in [0.2, 0.25) is 0 Å². The molecule has 0 amide bonds. The SMILES string of the molecule is CCCN(CC)c1cc(NCC)nc(COC)n1. The Labute approximate surface area is 110 Å². The second kappa shape index (κ2) is 7.87. The standard InChI is InChI=1S/C13H24N4O/c1-5-8-17(7-3)13-9-11(14-6-2)15-12(16-13)10-18-4/h9H,5-8,10H2,1-4H3,(H,14,15,16). The highest BCUT2D eigenvalue weighted by Gasteiger charge is 2.09. The van der Waals surface area contributed by atoms with Crippen molar-refractivity contribution in [2.45, 2.75) is 33.8 Å². The van der Waals surface area contributed by atoms with Gasteiger partial charge in [0.25, 0.3) is 0 Å². The van der Waals surface area contributed by atoms with Crippen molar-refractivity contribution in [1.82, 2.24) is 9.97 Å². The number of hydrogen-bond donors (Lipinski definition) is 1. The molecule has 18 heavy (non-hydrogen) atoms. The summed E-state index contributed by atoms with van der Waals surface area (Å²) >= 11 is 0. The molecular weight excluding hydrogens is 228 g/mol. The minimum absolute atomic E-state index is 0.440. The van der Waals surface area contributed by atoms with Crippen LogP contribution in [0.25, 0.3) is 0 Å². The molecule has 1 N–H and O–H groups in total. The first-order valence-corrected chi connectivity index (χ1v) is 6.60. The summed E-state index contributed by atoms with van der Waals surface area (Å²) in [7, 11) is 1.66. The average Bonchev–Trinajstić information content (AvgIpc) is 2.36. The first kappa shape index (κ1) is 14.7. The largest absolute Gasteiger partial charge is 0.377 e. The number of ether oxygens (including phenoxy) is 1. The molecule has 0 unspecified atom stereocenters. The van der Waals surface area contributed by atoms with Gasteiger partial charge in [0.1, 0.15) is 18.2 Å². The summed E-state index contributed by atoms with van der Waals surface area (Å²) in [4.78, 5) is 11.2. The molecule has 0 radical (unpaired) electrons. The summed E-state index contributed by atoms with van der Waals surface area (Å²) in [5, 5.41) is 3.23. The van der Waals surface area contributed by atoms with E-state index in [4.69, 9.17) is 4.74 Å². The molecule has 0 atom stereocenters. The molecule has 0 aliphatic heterocycles. The Bertz CT molecular complexity index is 333. The summed E-state index contributed by atoms with van der Waals surface area (Å²) in [5.74, 6) is 2.56. The normalized spacial score (nSPS) is 10.4. The Kier molecular flexibility index (Phi) is 6.43. The number of nitrogens with zero attached hydrogens (tertiary/aromatic N) is 3. The predicted molar refractivity (Wildman–Crippen MR) is 75.1 cm³/mol. The number of hydrogen-bond acceptors (Lipinski definition) is 5. The molecule has 0 aliphatic rings. The van der Waals surface area contributed by atoms with Crippen LogP contribution in [0.5, 0.6) is 0 Å². The lowest BCUT2D eigenvalue weighted by molar-refractivity contribution is 0.178. The van der Waals surface area contributed by atoms with Crippen molar-refractivity contribution in [1.29, 1.82) is 0 Å². The molecule has 1 rings (SSSR count). The first-order chi connectivity index (χ1) is 8.74. The third-order valence-corrected chi connectivity index (χ3v) is 2.59. The van der Waals surface area contributed by atoms with Gasteiger partial charge in [-0.15, -0.1) is 0 Å². The number of aromatic nitrogens is 2. The number of rotatable bonds is 8.